The summed E-state index contributed by atoms with van der Waals surface area (Å²) in [5.41, 5.74) is -0.189. The molecular formula is C28H37N4O9P. The van der Waals surface area contributed by atoms with E-state index in [9.17, 15) is 14.5 Å². The maximum absolute atomic E-state index is 14.1. The fraction of sp³-hybridized carbons (Fsp3) is 0.571. The van der Waals surface area contributed by atoms with Gasteiger partial charge in [0.1, 0.15) is 29.4 Å². The number of nitrogens with zero attached hydrogens (tertiary/aromatic N) is 4. The predicted octanol–water partition coefficient (Wildman–Crippen LogP) is 3.83. The summed E-state index contributed by atoms with van der Waals surface area (Å²) in [5, 5.41) is 11.4. The quantitative estimate of drug-likeness (QED) is 0.171. The third-order valence-electron chi connectivity index (χ3n) is 7.45. The van der Waals surface area contributed by atoms with Crippen LogP contribution in [0.4, 0.5) is 0 Å². The molecule has 0 radical (unpaired) electrons. The topological polar surface area (TPSA) is 153 Å². The zero-order chi connectivity index (χ0) is 29.9. The lowest BCUT2D eigenvalue weighted by Gasteiger charge is -2.44. The van der Waals surface area contributed by atoms with E-state index in [1.807, 2.05) is 6.92 Å². The number of fused-ring (bicyclic) bond motifs is 1. The minimum absolute atomic E-state index is 0.219. The predicted molar refractivity (Wildman–Crippen MR) is 150 cm³/mol. The summed E-state index contributed by atoms with van der Waals surface area (Å²) >= 11 is 0. The van der Waals surface area contributed by atoms with E-state index in [1.54, 1.807) is 55.1 Å². The van der Waals surface area contributed by atoms with E-state index in [1.165, 1.54) is 7.11 Å². The molecule has 1 N–H and O–H groups in total. The fourth-order valence-electron chi connectivity index (χ4n) is 5.14. The number of aromatic nitrogens is 4. The van der Waals surface area contributed by atoms with Crippen LogP contribution in [0.2, 0.25) is 0 Å². The van der Waals surface area contributed by atoms with Crippen LogP contribution in [0.3, 0.4) is 0 Å². The van der Waals surface area contributed by atoms with Gasteiger partial charge in [0, 0.05) is 6.42 Å². The fourth-order valence-corrected chi connectivity index (χ4v) is 7.01. The highest BCUT2D eigenvalue weighted by Crippen LogP contribution is 2.53. The number of aryl methyl sites for hydroxylation is 1. The van der Waals surface area contributed by atoms with Crippen molar-refractivity contribution in [2.45, 2.75) is 64.1 Å². The second-order valence-electron chi connectivity index (χ2n) is 10.5. The highest BCUT2D eigenvalue weighted by molar-refractivity contribution is 7.54. The number of esters is 1. The number of rotatable bonds is 13. The summed E-state index contributed by atoms with van der Waals surface area (Å²) < 4.78 is 50.5. The molecule has 5 rings (SSSR count). The Kier molecular flexibility index (Phi) is 9.14. The lowest BCUT2D eigenvalue weighted by atomic mass is 9.86. The molecule has 0 saturated carbocycles. The summed E-state index contributed by atoms with van der Waals surface area (Å²) in [5.74, 6) is -0.118. The Morgan fingerprint density at radius 2 is 2.05 bits per heavy atom. The molecule has 2 aliphatic rings. The molecule has 0 aliphatic carbocycles. The number of unbranched alkanes of at least 4 members (excludes halogenated alkanes) is 1. The number of aliphatic hydroxyl groups is 1. The van der Waals surface area contributed by atoms with Crippen LogP contribution in [0.5, 0.6) is 11.6 Å². The minimum atomic E-state index is -3.93. The highest BCUT2D eigenvalue weighted by atomic mass is 31.2. The van der Waals surface area contributed by atoms with Gasteiger partial charge in [0.05, 0.1) is 45.3 Å². The molecular weight excluding hydrogens is 567 g/mol. The SMILES string of the molecule is CCCCOC(=O)[C@H](C)CP(=O)(OCC1OC(n2cnc3c(OC)nc(C)nc32)[C@@]2(CCO2)[C@@H]1O)Oc1ccccc1. The van der Waals surface area contributed by atoms with Gasteiger partial charge in [-0.05, 0) is 25.5 Å². The first-order chi connectivity index (χ1) is 20.2. The minimum Gasteiger partial charge on any atom is -0.479 e. The van der Waals surface area contributed by atoms with Gasteiger partial charge >= 0.3 is 13.6 Å². The maximum Gasteiger partial charge on any atom is 0.380 e. The van der Waals surface area contributed by atoms with Gasteiger partial charge in [-0.25, -0.2) is 14.5 Å². The Morgan fingerprint density at radius 1 is 1.29 bits per heavy atom. The lowest BCUT2D eigenvalue weighted by molar-refractivity contribution is -0.225. The molecule has 0 amide bonds. The summed E-state index contributed by atoms with van der Waals surface area (Å²) in [6.07, 6.45) is 0.585. The van der Waals surface area contributed by atoms with Crippen LogP contribution in [0.15, 0.2) is 36.7 Å². The molecule has 2 aromatic heterocycles. The second-order valence-corrected chi connectivity index (χ2v) is 12.6. The number of hydrogen-bond acceptors (Lipinski definition) is 12. The molecule has 2 aliphatic heterocycles. The summed E-state index contributed by atoms with van der Waals surface area (Å²) in [6, 6.07) is 8.58. The van der Waals surface area contributed by atoms with Crippen molar-refractivity contribution in [2.75, 3.05) is 33.1 Å². The van der Waals surface area contributed by atoms with Crippen LogP contribution >= 0.6 is 7.60 Å². The van der Waals surface area contributed by atoms with Crippen molar-refractivity contribution in [1.29, 1.82) is 0 Å². The number of methoxy groups -OCH3 is 1. The van der Waals surface area contributed by atoms with Gasteiger partial charge in [-0.1, -0.05) is 38.5 Å². The van der Waals surface area contributed by atoms with Crippen molar-refractivity contribution in [2.24, 2.45) is 5.92 Å². The number of ether oxygens (including phenoxy) is 4. The smallest absolute Gasteiger partial charge is 0.380 e. The molecule has 3 aromatic rings. The molecule has 3 unspecified atom stereocenters. The highest BCUT2D eigenvalue weighted by Gasteiger charge is 2.62. The van der Waals surface area contributed by atoms with Crippen LogP contribution < -0.4 is 9.26 Å². The molecule has 14 heteroatoms. The van der Waals surface area contributed by atoms with Crippen molar-refractivity contribution in [3.8, 4) is 11.6 Å². The Balaban J connectivity index is 1.36. The number of carbonyl (C=O) groups is 1. The van der Waals surface area contributed by atoms with Crippen LogP contribution in [0, 0.1) is 12.8 Å². The van der Waals surface area contributed by atoms with E-state index < -0.39 is 43.5 Å². The number of benzene rings is 1. The van der Waals surface area contributed by atoms with E-state index in [0.717, 1.165) is 12.8 Å². The first-order valence-corrected chi connectivity index (χ1v) is 15.8. The third-order valence-corrected chi connectivity index (χ3v) is 9.48. The molecule has 2 saturated heterocycles. The van der Waals surface area contributed by atoms with E-state index in [2.05, 4.69) is 15.0 Å². The zero-order valence-corrected chi connectivity index (χ0v) is 25.1. The number of hydrogen-bond donors (Lipinski definition) is 1. The van der Waals surface area contributed by atoms with E-state index >= 15 is 0 Å². The first kappa shape index (κ1) is 30.4. The zero-order valence-electron chi connectivity index (χ0n) is 24.2. The Labute approximate surface area is 244 Å². The largest absolute Gasteiger partial charge is 0.479 e. The Hall–Kier alpha value is -3.09. The van der Waals surface area contributed by atoms with Crippen LogP contribution in [0.1, 0.15) is 45.2 Å². The van der Waals surface area contributed by atoms with Crippen LogP contribution in [0.25, 0.3) is 11.2 Å². The maximum atomic E-state index is 14.1. The van der Waals surface area contributed by atoms with Crippen LogP contribution in [-0.2, 0) is 28.1 Å². The van der Waals surface area contributed by atoms with Gasteiger partial charge in [0.2, 0.25) is 5.88 Å². The van der Waals surface area contributed by atoms with E-state index in [4.69, 9.17) is 28.0 Å². The summed E-state index contributed by atoms with van der Waals surface area (Å²) in [7, 11) is -2.43. The molecule has 4 heterocycles. The number of para-hydroxylation sites is 1. The standard InChI is InChI=1S/C28H37N4O9P/c1-5-6-13-37-26(34)18(2)16-42(35,41-20-10-8-7-9-11-20)39-15-21-23(33)28(12-14-38-28)27(40-21)32-17-29-22-24(32)30-19(3)31-25(22)36-4/h7-11,17-18,21,23,27,33H,5-6,12-16H2,1-4H3/t18-,21?,23-,27?,28-,42?/m1/s1. The Bertz CT molecular complexity index is 1430. The van der Waals surface area contributed by atoms with Gasteiger partial charge in [0.25, 0.3) is 0 Å². The number of imidazole rings is 1. The molecule has 1 spiro atoms. The number of aliphatic hydroxyl groups excluding tert-OH is 1. The van der Waals surface area contributed by atoms with E-state index in [-0.39, 0.29) is 19.4 Å². The first-order valence-electron chi connectivity index (χ1n) is 14.1. The normalized spacial score (nSPS) is 25.6. The van der Waals surface area contributed by atoms with Gasteiger partial charge in [0.15, 0.2) is 17.4 Å². The summed E-state index contributed by atoms with van der Waals surface area (Å²) in [4.78, 5) is 25.8. The lowest BCUT2D eigenvalue weighted by Crippen LogP contribution is -2.56. The third kappa shape index (κ3) is 6.02. The van der Waals surface area contributed by atoms with Crippen molar-refractivity contribution in [3.05, 3.63) is 42.5 Å². The van der Waals surface area contributed by atoms with Gasteiger partial charge < -0.3 is 28.6 Å². The molecule has 1 aromatic carbocycles. The average Bonchev–Trinajstić information content (AvgIpc) is 3.50. The summed E-state index contributed by atoms with van der Waals surface area (Å²) in [6.45, 7) is 5.79. The van der Waals surface area contributed by atoms with Gasteiger partial charge in [-0.2, -0.15) is 4.98 Å². The molecule has 228 valence electrons. The number of carbonyl (C=O) groups excluding carboxylic acids is 1. The molecule has 42 heavy (non-hydrogen) atoms. The molecule has 6 atom stereocenters. The van der Waals surface area contributed by atoms with Crippen molar-refractivity contribution in [1.82, 2.24) is 19.5 Å². The Morgan fingerprint density at radius 3 is 2.71 bits per heavy atom. The molecule has 13 nitrogen and oxygen atoms in total. The van der Waals surface area contributed by atoms with Crippen LogP contribution in [-0.4, -0.2) is 81.5 Å². The molecule has 2 fully saturated rings. The van der Waals surface area contributed by atoms with Crippen molar-refractivity contribution >= 4 is 24.7 Å². The monoisotopic (exact) mass is 604 g/mol. The second kappa shape index (κ2) is 12.6. The average molecular weight is 605 g/mol. The molecule has 0 bridgehead atoms. The van der Waals surface area contributed by atoms with Crippen molar-refractivity contribution < 1.29 is 42.5 Å². The van der Waals surface area contributed by atoms with Gasteiger partial charge in [-0.15, -0.1) is 0 Å². The van der Waals surface area contributed by atoms with Gasteiger partial charge in [-0.3, -0.25) is 13.9 Å². The van der Waals surface area contributed by atoms with Crippen molar-refractivity contribution in [3.63, 3.8) is 0 Å². The van der Waals surface area contributed by atoms with E-state index in [0.29, 0.717) is 41.6 Å².